The Hall–Kier alpha value is -5.37. The van der Waals surface area contributed by atoms with Crippen LogP contribution in [0, 0.1) is 38.5 Å². The van der Waals surface area contributed by atoms with Gasteiger partial charge in [0.25, 0.3) is 17.3 Å². The van der Waals surface area contributed by atoms with Crippen molar-refractivity contribution >= 4 is 35.0 Å². The molecule has 0 aromatic heterocycles. The number of hydrogen-bond acceptors (Lipinski definition) is 8. The maximum absolute atomic E-state index is 12.5. The van der Waals surface area contributed by atoms with E-state index in [1.807, 2.05) is 0 Å². The number of nitriles is 1. The molecule has 11 nitrogen and oxygen atoms in total. The van der Waals surface area contributed by atoms with Gasteiger partial charge in [-0.3, -0.25) is 25.0 Å². The molecule has 0 aliphatic heterocycles. The highest BCUT2D eigenvalue weighted by atomic mass is 16.6. The van der Waals surface area contributed by atoms with Gasteiger partial charge in [0, 0.05) is 23.9 Å². The SMILES string of the molecule is Cc1cc([N+](=O)[O-])ccc1NC(=O)C(C#N)=Cc1ccc(OC(=O)c2ccccc2[N+](=O)[O-])cc1. The van der Waals surface area contributed by atoms with Crippen molar-refractivity contribution in [3.63, 3.8) is 0 Å². The average molecular weight is 472 g/mol. The molecule has 35 heavy (non-hydrogen) atoms. The number of aryl methyl sites for hydroxylation is 1. The van der Waals surface area contributed by atoms with Gasteiger partial charge in [-0.15, -0.1) is 0 Å². The number of anilines is 1. The summed E-state index contributed by atoms with van der Waals surface area (Å²) < 4.78 is 5.19. The van der Waals surface area contributed by atoms with Gasteiger partial charge < -0.3 is 10.1 Å². The molecule has 3 aromatic rings. The van der Waals surface area contributed by atoms with E-state index in [4.69, 9.17) is 4.74 Å². The van der Waals surface area contributed by atoms with Gasteiger partial charge in [0.2, 0.25) is 0 Å². The molecule has 0 aliphatic carbocycles. The second-order valence-corrected chi connectivity index (χ2v) is 7.11. The first kappa shape index (κ1) is 24.3. The van der Waals surface area contributed by atoms with E-state index in [0.29, 0.717) is 16.8 Å². The largest absolute Gasteiger partial charge is 0.423 e. The first-order valence-electron chi connectivity index (χ1n) is 9.93. The van der Waals surface area contributed by atoms with Crippen LogP contribution in [0.25, 0.3) is 6.08 Å². The summed E-state index contributed by atoms with van der Waals surface area (Å²) >= 11 is 0. The number of nitro groups is 2. The van der Waals surface area contributed by atoms with Gasteiger partial charge in [0.1, 0.15) is 23.0 Å². The van der Waals surface area contributed by atoms with Gasteiger partial charge in [-0.25, -0.2) is 4.79 Å². The Labute approximate surface area is 198 Å². The summed E-state index contributed by atoms with van der Waals surface area (Å²) in [6, 6.07) is 16.9. The Morgan fingerprint density at radius 2 is 1.69 bits per heavy atom. The first-order chi connectivity index (χ1) is 16.7. The number of benzene rings is 3. The van der Waals surface area contributed by atoms with Crippen molar-refractivity contribution in [2.45, 2.75) is 6.92 Å². The molecule has 1 amide bonds. The number of rotatable bonds is 7. The Balaban J connectivity index is 1.73. The zero-order valence-electron chi connectivity index (χ0n) is 18.1. The molecule has 3 rings (SSSR count). The molecule has 0 atom stereocenters. The number of hydrogen-bond donors (Lipinski definition) is 1. The number of nitro benzene ring substituents is 2. The summed E-state index contributed by atoms with van der Waals surface area (Å²) in [4.78, 5) is 45.5. The second-order valence-electron chi connectivity index (χ2n) is 7.11. The van der Waals surface area contributed by atoms with Crippen molar-refractivity contribution in [1.29, 1.82) is 5.26 Å². The molecule has 0 aliphatic rings. The molecule has 0 heterocycles. The number of amides is 1. The molecule has 174 valence electrons. The average Bonchev–Trinajstić information content (AvgIpc) is 2.84. The van der Waals surface area contributed by atoms with Crippen LogP contribution in [0.5, 0.6) is 5.75 Å². The van der Waals surface area contributed by atoms with Crippen LogP contribution in [0.2, 0.25) is 0 Å². The summed E-state index contributed by atoms with van der Waals surface area (Å²) in [7, 11) is 0. The summed E-state index contributed by atoms with van der Waals surface area (Å²) in [6.45, 7) is 1.59. The third-order valence-electron chi connectivity index (χ3n) is 4.76. The number of para-hydroxylation sites is 1. The van der Waals surface area contributed by atoms with Gasteiger partial charge in [0.05, 0.1) is 9.85 Å². The molecule has 0 bridgehead atoms. The molecule has 0 saturated heterocycles. The van der Waals surface area contributed by atoms with Gasteiger partial charge >= 0.3 is 5.97 Å². The zero-order valence-corrected chi connectivity index (χ0v) is 18.1. The zero-order chi connectivity index (χ0) is 25.5. The Morgan fingerprint density at radius 3 is 2.29 bits per heavy atom. The fraction of sp³-hybridized carbons (Fsp3) is 0.0417. The summed E-state index contributed by atoms with van der Waals surface area (Å²) in [5.41, 5.74) is 0.277. The van der Waals surface area contributed by atoms with Crippen LogP contribution in [0.3, 0.4) is 0 Å². The molecule has 0 saturated carbocycles. The van der Waals surface area contributed by atoms with E-state index in [-0.39, 0.29) is 28.3 Å². The lowest BCUT2D eigenvalue weighted by Crippen LogP contribution is -2.14. The number of non-ortho nitro benzene ring substituents is 1. The molecule has 11 heteroatoms. The minimum absolute atomic E-state index is 0.106. The predicted molar refractivity (Wildman–Crippen MR) is 125 cm³/mol. The number of esters is 1. The lowest BCUT2D eigenvalue weighted by Gasteiger charge is -2.08. The topological polar surface area (TPSA) is 165 Å². The molecular formula is C24H16N4O7. The van der Waals surface area contributed by atoms with E-state index in [1.54, 1.807) is 13.0 Å². The van der Waals surface area contributed by atoms with E-state index < -0.39 is 21.7 Å². The molecule has 1 N–H and O–H groups in total. The molecule has 0 radical (unpaired) electrons. The summed E-state index contributed by atoms with van der Waals surface area (Å²) in [5, 5.41) is 33.9. The van der Waals surface area contributed by atoms with E-state index in [9.17, 15) is 35.1 Å². The predicted octanol–water partition coefficient (Wildman–Crippen LogP) is 4.58. The van der Waals surface area contributed by atoms with Crippen molar-refractivity contribution in [1.82, 2.24) is 0 Å². The van der Waals surface area contributed by atoms with E-state index in [0.717, 1.165) is 0 Å². The van der Waals surface area contributed by atoms with Gasteiger partial charge in [0.15, 0.2) is 0 Å². The van der Waals surface area contributed by atoms with Crippen molar-refractivity contribution in [3.8, 4) is 11.8 Å². The van der Waals surface area contributed by atoms with Crippen LogP contribution in [0.1, 0.15) is 21.5 Å². The van der Waals surface area contributed by atoms with Gasteiger partial charge in [-0.2, -0.15) is 5.26 Å². The molecule has 0 spiro atoms. The molecular weight excluding hydrogens is 456 g/mol. The number of nitrogens with one attached hydrogen (secondary N) is 1. The minimum Gasteiger partial charge on any atom is -0.423 e. The fourth-order valence-corrected chi connectivity index (χ4v) is 3.01. The second kappa shape index (κ2) is 10.5. The number of nitrogens with zero attached hydrogens (tertiary/aromatic N) is 3. The highest BCUT2D eigenvalue weighted by Gasteiger charge is 2.21. The monoisotopic (exact) mass is 472 g/mol. The van der Waals surface area contributed by atoms with E-state index in [2.05, 4.69) is 5.32 Å². The maximum Gasteiger partial charge on any atom is 0.350 e. The highest BCUT2D eigenvalue weighted by molar-refractivity contribution is 6.10. The van der Waals surface area contributed by atoms with Crippen LogP contribution in [0.4, 0.5) is 17.1 Å². The van der Waals surface area contributed by atoms with Crippen molar-refractivity contribution in [2.24, 2.45) is 0 Å². The third-order valence-corrected chi connectivity index (χ3v) is 4.76. The normalized spacial score (nSPS) is 10.7. The molecule has 3 aromatic carbocycles. The van der Waals surface area contributed by atoms with Crippen molar-refractivity contribution in [3.05, 3.63) is 109 Å². The quantitative estimate of drug-likeness (QED) is 0.130. The summed E-state index contributed by atoms with van der Waals surface area (Å²) in [6.07, 6.45) is 1.31. The van der Waals surface area contributed by atoms with Crippen LogP contribution in [0.15, 0.2) is 72.3 Å². The van der Waals surface area contributed by atoms with Gasteiger partial charge in [-0.1, -0.05) is 24.3 Å². The lowest BCUT2D eigenvalue weighted by molar-refractivity contribution is -0.385. The first-order valence-corrected chi connectivity index (χ1v) is 9.93. The highest BCUT2D eigenvalue weighted by Crippen LogP contribution is 2.23. The van der Waals surface area contributed by atoms with Crippen molar-refractivity contribution < 1.29 is 24.2 Å². The van der Waals surface area contributed by atoms with Crippen LogP contribution >= 0.6 is 0 Å². The third kappa shape index (κ3) is 5.91. The Morgan fingerprint density at radius 1 is 1.00 bits per heavy atom. The fourth-order valence-electron chi connectivity index (χ4n) is 3.01. The van der Waals surface area contributed by atoms with Crippen LogP contribution < -0.4 is 10.1 Å². The smallest absolute Gasteiger partial charge is 0.350 e. The lowest BCUT2D eigenvalue weighted by atomic mass is 10.1. The number of ether oxygens (including phenoxy) is 1. The van der Waals surface area contributed by atoms with E-state index >= 15 is 0 Å². The number of carbonyl (C=O) groups is 2. The Bertz CT molecular complexity index is 1410. The van der Waals surface area contributed by atoms with E-state index in [1.165, 1.54) is 72.8 Å². The van der Waals surface area contributed by atoms with Crippen LogP contribution in [-0.2, 0) is 4.79 Å². The van der Waals surface area contributed by atoms with Crippen LogP contribution in [-0.4, -0.2) is 21.7 Å². The standard InChI is InChI=1S/C24H16N4O7/c1-15-12-18(27(31)32)8-11-21(15)26-23(29)17(14-25)13-16-6-9-19(10-7-16)35-24(30)20-4-2-3-5-22(20)28(33)34/h2-13H,1H3,(H,26,29). The minimum atomic E-state index is -0.906. The van der Waals surface area contributed by atoms with Crippen molar-refractivity contribution in [2.75, 3.05) is 5.32 Å². The molecule has 0 fully saturated rings. The van der Waals surface area contributed by atoms with Gasteiger partial charge in [-0.05, 0) is 48.4 Å². The molecule has 0 unspecified atom stereocenters. The summed E-state index contributed by atoms with van der Waals surface area (Å²) in [5.74, 6) is -1.51. The Kier molecular flexibility index (Phi) is 7.28. The maximum atomic E-state index is 12.5. The number of carbonyl (C=O) groups excluding carboxylic acids is 2.